The molecule has 1 atom stereocenters. The summed E-state index contributed by atoms with van der Waals surface area (Å²) in [6.45, 7) is 2.04. The zero-order chi connectivity index (χ0) is 14.4. The van der Waals surface area contributed by atoms with E-state index >= 15 is 0 Å². The first kappa shape index (κ1) is 15.8. The van der Waals surface area contributed by atoms with Gasteiger partial charge in [-0.15, -0.1) is 0 Å². The van der Waals surface area contributed by atoms with Gasteiger partial charge in [-0.2, -0.15) is 0 Å². The van der Waals surface area contributed by atoms with Crippen molar-refractivity contribution in [3.63, 3.8) is 0 Å². The van der Waals surface area contributed by atoms with Crippen LogP contribution in [0.4, 0.5) is 0 Å². The van der Waals surface area contributed by atoms with Crippen LogP contribution in [0.15, 0.2) is 18.2 Å². The summed E-state index contributed by atoms with van der Waals surface area (Å²) >= 11 is 6.13. The minimum atomic E-state index is -0.104. The van der Waals surface area contributed by atoms with Crippen LogP contribution in [0.1, 0.15) is 18.9 Å². The molecule has 1 amide bonds. The standard InChI is InChI=1S/C14H21ClN2O2/c1-4-11(16)7-10-5-6-13(12(15)8-10)19-9-14(18)17(2)3/h5-6,8,11H,4,7,9,16H2,1-3H3. The Morgan fingerprint density at radius 2 is 2.16 bits per heavy atom. The van der Waals surface area contributed by atoms with Crippen molar-refractivity contribution < 1.29 is 9.53 Å². The van der Waals surface area contributed by atoms with E-state index in [4.69, 9.17) is 22.1 Å². The number of halogens is 1. The molecule has 4 nitrogen and oxygen atoms in total. The summed E-state index contributed by atoms with van der Waals surface area (Å²) in [4.78, 5) is 12.9. The molecule has 0 spiro atoms. The number of hydrogen-bond donors (Lipinski definition) is 1. The van der Waals surface area contributed by atoms with Gasteiger partial charge in [0.1, 0.15) is 5.75 Å². The molecular formula is C14H21ClN2O2. The van der Waals surface area contributed by atoms with Crippen LogP contribution >= 0.6 is 11.6 Å². The molecule has 0 saturated heterocycles. The molecule has 1 rings (SSSR count). The normalized spacial score (nSPS) is 12.1. The molecule has 1 unspecified atom stereocenters. The summed E-state index contributed by atoms with van der Waals surface area (Å²) in [5.41, 5.74) is 6.97. The average Bonchev–Trinajstić information content (AvgIpc) is 2.37. The molecule has 1 aromatic rings. The summed E-state index contributed by atoms with van der Waals surface area (Å²) in [6.07, 6.45) is 1.71. The Bertz CT molecular complexity index is 435. The summed E-state index contributed by atoms with van der Waals surface area (Å²) in [6, 6.07) is 5.69. The van der Waals surface area contributed by atoms with E-state index in [2.05, 4.69) is 6.92 Å². The van der Waals surface area contributed by atoms with Crippen LogP contribution in [0.3, 0.4) is 0 Å². The van der Waals surface area contributed by atoms with Gasteiger partial charge in [0.05, 0.1) is 5.02 Å². The third-order valence-corrected chi connectivity index (χ3v) is 3.16. The van der Waals surface area contributed by atoms with Gasteiger partial charge in [0, 0.05) is 20.1 Å². The second-order valence-electron chi connectivity index (χ2n) is 4.71. The number of benzene rings is 1. The van der Waals surface area contributed by atoms with Gasteiger partial charge in [-0.3, -0.25) is 4.79 Å². The van der Waals surface area contributed by atoms with Crippen molar-refractivity contribution in [3.05, 3.63) is 28.8 Å². The number of nitrogens with two attached hydrogens (primary N) is 1. The van der Waals surface area contributed by atoms with Gasteiger partial charge in [0.2, 0.25) is 0 Å². The molecule has 2 N–H and O–H groups in total. The molecule has 0 radical (unpaired) electrons. The van der Waals surface area contributed by atoms with Crippen molar-refractivity contribution in [1.82, 2.24) is 4.90 Å². The lowest BCUT2D eigenvalue weighted by Crippen LogP contribution is -2.27. The minimum Gasteiger partial charge on any atom is -0.482 e. The first-order valence-electron chi connectivity index (χ1n) is 6.31. The third kappa shape index (κ3) is 5.09. The highest BCUT2D eigenvalue weighted by Crippen LogP contribution is 2.26. The largest absolute Gasteiger partial charge is 0.482 e. The lowest BCUT2D eigenvalue weighted by molar-refractivity contribution is -0.130. The molecule has 5 heteroatoms. The van der Waals surface area contributed by atoms with E-state index in [1.807, 2.05) is 12.1 Å². The fraction of sp³-hybridized carbons (Fsp3) is 0.500. The molecule has 19 heavy (non-hydrogen) atoms. The number of likely N-dealkylation sites (N-methyl/N-ethyl adjacent to an activating group) is 1. The maximum absolute atomic E-state index is 11.4. The first-order valence-corrected chi connectivity index (χ1v) is 6.68. The predicted molar refractivity (Wildman–Crippen MR) is 77.6 cm³/mol. The average molecular weight is 285 g/mol. The fourth-order valence-corrected chi connectivity index (χ4v) is 1.76. The van der Waals surface area contributed by atoms with E-state index in [-0.39, 0.29) is 18.6 Å². The van der Waals surface area contributed by atoms with Crippen molar-refractivity contribution in [2.45, 2.75) is 25.8 Å². The molecule has 0 fully saturated rings. The number of nitrogens with zero attached hydrogens (tertiary/aromatic N) is 1. The molecule has 0 saturated carbocycles. The molecular weight excluding hydrogens is 264 g/mol. The molecule has 0 aliphatic heterocycles. The second-order valence-corrected chi connectivity index (χ2v) is 5.12. The maximum Gasteiger partial charge on any atom is 0.259 e. The van der Waals surface area contributed by atoms with Crippen molar-refractivity contribution in [2.75, 3.05) is 20.7 Å². The topological polar surface area (TPSA) is 55.6 Å². The molecule has 1 aromatic carbocycles. The van der Waals surface area contributed by atoms with Gasteiger partial charge in [-0.1, -0.05) is 24.6 Å². The molecule has 0 bridgehead atoms. The Kier molecular flexibility index (Phi) is 6.12. The van der Waals surface area contributed by atoms with Crippen molar-refractivity contribution in [1.29, 1.82) is 0 Å². The molecule has 106 valence electrons. The Hall–Kier alpha value is -1.26. The number of rotatable bonds is 6. The van der Waals surface area contributed by atoms with Crippen molar-refractivity contribution in [3.8, 4) is 5.75 Å². The zero-order valence-corrected chi connectivity index (χ0v) is 12.4. The number of carbonyl (C=O) groups is 1. The van der Waals surface area contributed by atoms with Crippen LogP contribution in [-0.4, -0.2) is 37.6 Å². The van der Waals surface area contributed by atoms with E-state index in [0.29, 0.717) is 10.8 Å². The molecule has 0 heterocycles. The lowest BCUT2D eigenvalue weighted by Gasteiger charge is -2.13. The third-order valence-electron chi connectivity index (χ3n) is 2.87. The highest BCUT2D eigenvalue weighted by molar-refractivity contribution is 6.32. The summed E-state index contributed by atoms with van der Waals surface area (Å²) in [7, 11) is 3.37. The van der Waals surface area contributed by atoms with Crippen molar-refractivity contribution >= 4 is 17.5 Å². The van der Waals surface area contributed by atoms with E-state index in [9.17, 15) is 4.79 Å². The van der Waals surface area contributed by atoms with Gasteiger partial charge < -0.3 is 15.4 Å². The van der Waals surface area contributed by atoms with Gasteiger partial charge in [0.25, 0.3) is 5.91 Å². The highest BCUT2D eigenvalue weighted by Gasteiger charge is 2.09. The van der Waals surface area contributed by atoms with E-state index in [1.165, 1.54) is 4.90 Å². The number of hydrogen-bond acceptors (Lipinski definition) is 3. The Labute approximate surface area is 119 Å². The summed E-state index contributed by atoms with van der Waals surface area (Å²) in [5, 5.41) is 0.507. The Morgan fingerprint density at radius 1 is 1.47 bits per heavy atom. The predicted octanol–water partition coefficient (Wildman–Crippen LogP) is 2.09. The van der Waals surface area contributed by atoms with E-state index in [0.717, 1.165) is 18.4 Å². The minimum absolute atomic E-state index is 0.0134. The monoisotopic (exact) mass is 284 g/mol. The lowest BCUT2D eigenvalue weighted by atomic mass is 10.0. The highest BCUT2D eigenvalue weighted by atomic mass is 35.5. The van der Waals surface area contributed by atoms with Crippen LogP contribution in [-0.2, 0) is 11.2 Å². The maximum atomic E-state index is 11.4. The molecule has 0 aliphatic carbocycles. The van der Waals surface area contributed by atoms with Gasteiger partial charge >= 0.3 is 0 Å². The van der Waals surface area contributed by atoms with Gasteiger partial charge in [-0.05, 0) is 30.5 Å². The smallest absolute Gasteiger partial charge is 0.259 e. The zero-order valence-electron chi connectivity index (χ0n) is 11.6. The van der Waals surface area contributed by atoms with Crippen LogP contribution < -0.4 is 10.5 Å². The quantitative estimate of drug-likeness (QED) is 0.870. The number of carbonyl (C=O) groups excluding carboxylic acids is 1. The second kappa shape index (κ2) is 7.36. The summed E-state index contributed by atoms with van der Waals surface area (Å²) in [5.74, 6) is 0.416. The van der Waals surface area contributed by atoms with Crippen LogP contribution in [0, 0.1) is 0 Å². The number of ether oxygens (including phenoxy) is 1. The van der Waals surface area contributed by atoms with Crippen molar-refractivity contribution in [2.24, 2.45) is 5.73 Å². The Morgan fingerprint density at radius 3 is 2.68 bits per heavy atom. The van der Waals surface area contributed by atoms with Crippen LogP contribution in [0.2, 0.25) is 5.02 Å². The fourth-order valence-electron chi connectivity index (χ4n) is 1.50. The van der Waals surface area contributed by atoms with Crippen LogP contribution in [0.25, 0.3) is 0 Å². The van der Waals surface area contributed by atoms with Gasteiger partial charge in [0.15, 0.2) is 6.61 Å². The van der Waals surface area contributed by atoms with E-state index in [1.54, 1.807) is 20.2 Å². The van der Waals surface area contributed by atoms with Gasteiger partial charge in [-0.25, -0.2) is 0 Å². The number of amides is 1. The van der Waals surface area contributed by atoms with Crippen LogP contribution in [0.5, 0.6) is 5.75 Å². The first-order chi connectivity index (χ1) is 8.93. The Balaban J connectivity index is 2.64. The molecule has 0 aromatic heterocycles. The SMILES string of the molecule is CCC(N)Cc1ccc(OCC(=O)N(C)C)c(Cl)c1. The summed E-state index contributed by atoms with van der Waals surface area (Å²) < 4.78 is 5.39. The molecule has 0 aliphatic rings. The van der Waals surface area contributed by atoms with E-state index < -0.39 is 0 Å².